The molecule has 1 heterocycles. The Morgan fingerprint density at radius 1 is 1.45 bits per heavy atom. The largest absolute Gasteiger partial charge is 0.481 e. The standard InChI is InChI=1S/C14H21N3O3/c1-3-15-13(18)12-9-11(6-8-17-12)16-7-4-5-10(2)14(19)20/h6,8-10H,3-5,7H2,1-2H3,(H,15,18)(H,16,17)(H,19,20). The molecule has 1 unspecified atom stereocenters. The Morgan fingerprint density at radius 3 is 2.85 bits per heavy atom. The van der Waals surface area contributed by atoms with Crippen LogP contribution >= 0.6 is 0 Å². The van der Waals surface area contributed by atoms with Crippen LogP contribution in [0.2, 0.25) is 0 Å². The molecular formula is C14H21N3O3. The van der Waals surface area contributed by atoms with E-state index < -0.39 is 5.97 Å². The monoisotopic (exact) mass is 279 g/mol. The van der Waals surface area contributed by atoms with Crippen molar-refractivity contribution in [2.75, 3.05) is 18.4 Å². The second kappa shape index (κ2) is 8.14. The molecule has 3 N–H and O–H groups in total. The zero-order valence-corrected chi connectivity index (χ0v) is 11.8. The number of hydrogen-bond acceptors (Lipinski definition) is 4. The number of hydrogen-bond donors (Lipinski definition) is 3. The van der Waals surface area contributed by atoms with E-state index in [0.717, 1.165) is 12.1 Å². The highest BCUT2D eigenvalue weighted by molar-refractivity contribution is 5.93. The molecule has 1 rings (SSSR count). The number of nitrogens with zero attached hydrogens (tertiary/aromatic N) is 1. The van der Waals surface area contributed by atoms with Gasteiger partial charge in [-0.3, -0.25) is 14.6 Å². The number of anilines is 1. The zero-order valence-electron chi connectivity index (χ0n) is 11.8. The van der Waals surface area contributed by atoms with Gasteiger partial charge in [-0.15, -0.1) is 0 Å². The minimum atomic E-state index is -0.771. The Labute approximate surface area is 118 Å². The SMILES string of the molecule is CCNC(=O)c1cc(NCCCC(C)C(=O)O)ccn1. The number of carboxylic acid groups (broad SMARTS) is 1. The van der Waals surface area contributed by atoms with Crippen LogP contribution in [0.4, 0.5) is 5.69 Å². The fourth-order valence-electron chi connectivity index (χ4n) is 1.68. The molecule has 0 saturated carbocycles. The highest BCUT2D eigenvalue weighted by atomic mass is 16.4. The van der Waals surface area contributed by atoms with Gasteiger partial charge in [-0.2, -0.15) is 0 Å². The highest BCUT2D eigenvalue weighted by Crippen LogP contribution is 2.10. The van der Waals surface area contributed by atoms with Gasteiger partial charge in [0.1, 0.15) is 5.69 Å². The summed E-state index contributed by atoms with van der Waals surface area (Å²) < 4.78 is 0. The maximum absolute atomic E-state index is 11.6. The second-order valence-electron chi connectivity index (χ2n) is 4.60. The van der Waals surface area contributed by atoms with Crippen molar-refractivity contribution in [3.8, 4) is 0 Å². The lowest BCUT2D eigenvalue weighted by Crippen LogP contribution is -2.23. The van der Waals surface area contributed by atoms with Gasteiger partial charge in [0.2, 0.25) is 0 Å². The lowest BCUT2D eigenvalue weighted by atomic mass is 10.1. The van der Waals surface area contributed by atoms with Crippen LogP contribution in [0.5, 0.6) is 0 Å². The van der Waals surface area contributed by atoms with E-state index in [4.69, 9.17) is 5.11 Å². The van der Waals surface area contributed by atoms with Crippen LogP contribution < -0.4 is 10.6 Å². The molecule has 0 spiro atoms. The molecule has 6 heteroatoms. The van der Waals surface area contributed by atoms with E-state index >= 15 is 0 Å². The number of aliphatic carboxylic acids is 1. The van der Waals surface area contributed by atoms with Crippen LogP contribution in [0.1, 0.15) is 37.2 Å². The maximum atomic E-state index is 11.6. The van der Waals surface area contributed by atoms with Gasteiger partial charge in [-0.05, 0) is 31.9 Å². The van der Waals surface area contributed by atoms with Gasteiger partial charge in [0.25, 0.3) is 5.91 Å². The van der Waals surface area contributed by atoms with Gasteiger partial charge in [0.05, 0.1) is 5.92 Å². The smallest absolute Gasteiger partial charge is 0.306 e. The first kappa shape index (κ1) is 15.9. The molecule has 0 aliphatic heterocycles. The van der Waals surface area contributed by atoms with E-state index in [1.807, 2.05) is 6.92 Å². The summed E-state index contributed by atoms with van der Waals surface area (Å²) in [7, 11) is 0. The molecule has 6 nitrogen and oxygen atoms in total. The molecular weight excluding hydrogens is 258 g/mol. The van der Waals surface area contributed by atoms with E-state index in [1.165, 1.54) is 0 Å². The number of carbonyl (C=O) groups excluding carboxylic acids is 1. The molecule has 1 aromatic rings. The molecule has 20 heavy (non-hydrogen) atoms. The molecule has 0 radical (unpaired) electrons. The van der Waals surface area contributed by atoms with Crippen molar-refractivity contribution in [2.24, 2.45) is 5.92 Å². The molecule has 0 bridgehead atoms. The molecule has 0 aliphatic carbocycles. The van der Waals surface area contributed by atoms with Gasteiger partial charge < -0.3 is 15.7 Å². The number of rotatable bonds is 8. The van der Waals surface area contributed by atoms with Gasteiger partial charge in [-0.25, -0.2) is 0 Å². The zero-order chi connectivity index (χ0) is 15.0. The number of pyridine rings is 1. The lowest BCUT2D eigenvalue weighted by Gasteiger charge is -2.09. The average Bonchev–Trinajstić information content (AvgIpc) is 2.43. The Kier molecular flexibility index (Phi) is 6.49. The van der Waals surface area contributed by atoms with E-state index in [1.54, 1.807) is 25.3 Å². The third-order valence-electron chi connectivity index (χ3n) is 2.89. The number of amides is 1. The van der Waals surface area contributed by atoms with Crippen LogP contribution in [0.15, 0.2) is 18.3 Å². The van der Waals surface area contributed by atoms with Gasteiger partial charge in [-0.1, -0.05) is 6.92 Å². The quantitative estimate of drug-likeness (QED) is 0.630. The molecule has 0 saturated heterocycles. The Bertz CT molecular complexity index is 463. The summed E-state index contributed by atoms with van der Waals surface area (Å²) in [6, 6.07) is 3.47. The third kappa shape index (κ3) is 5.26. The summed E-state index contributed by atoms with van der Waals surface area (Å²) in [5.74, 6) is -1.30. The van der Waals surface area contributed by atoms with Gasteiger partial charge in [0.15, 0.2) is 0 Å². The number of nitrogens with one attached hydrogen (secondary N) is 2. The maximum Gasteiger partial charge on any atom is 0.306 e. The van der Waals surface area contributed by atoms with E-state index in [9.17, 15) is 9.59 Å². The fourth-order valence-corrected chi connectivity index (χ4v) is 1.68. The first-order chi connectivity index (χ1) is 9.54. The fraction of sp³-hybridized carbons (Fsp3) is 0.500. The van der Waals surface area contributed by atoms with Crippen LogP contribution in [0, 0.1) is 5.92 Å². The first-order valence-corrected chi connectivity index (χ1v) is 6.75. The molecule has 110 valence electrons. The van der Waals surface area contributed by atoms with Crippen LogP contribution in [0.25, 0.3) is 0 Å². The number of carbonyl (C=O) groups is 2. The minimum absolute atomic E-state index is 0.198. The normalized spacial score (nSPS) is 11.7. The number of aromatic nitrogens is 1. The first-order valence-electron chi connectivity index (χ1n) is 6.75. The van der Waals surface area contributed by atoms with Gasteiger partial charge >= 0.3 is 5.97 Å². The van der Waals surface area contributed by atoms with Crippen molar-refractivity contribution in [1.82, 2.24) is 10.3 Å². The van der Waals surface area contributed by atoms with Crippen LogP contribution in [-0.4, -0.2) is 35.1 Å². The summed E-state index contributed by atoms with van der Waals surface area (Å²) in [5, 5.41) is 14.6. The molecule has 0 fully saturated rings. The van der Waals surface area contributed by atoms with Crippen molar-refractivity contribution in [3.63, 3.8) is 0 Å². The third-order valence-corrected chi connectivity index (χ3v) is 2.89. The highest BCUT2D eigenvalue weighted by Gasteiger charge is 2.10. The number of carboxylic acids is 1. The minimum Gasteiger partial charge on any atom is -0.481 e. The Hall–Kier alpha value is -2.11. The van der Waals surface area contributed by atoms with Gasteiger partial charge in [0, 0.05) is 25.0 Å². The predicted octanol–water partition coefficient (Wildman–Crippen LogP) is 1.74. The second-order valence-corrected chi connectivity index (χ2v) is 4.60. The van der Waals surface area contributed by atoms with E-state index in [0.29, 0.717) is 25.2 Å². The topological polar surface area (TPSA) is 91.3 Å². The van der Waals surface area contributed by atoms with E-state index in [-0.39, 0.29) is 11.8 Å². The van der Waals surface area contributed by atoms with Crippen LogP contribution in [0.3, 0.4) is 0 Å². The predicted molar refractivity (Wildman–Crippen MR) is 76.8 cm³/mol. The van der Waals surface area contributed by atoms with Crippen molar-refractivity contribution >= 4 is 17.6 Å². The van der Waals surface area contributed by atoms with Crippen molar-refractivity contribution in [1.29, 1.82) is 0 Å². The molecule has 1 atom stereocenters. The van der Waals surface area contributed by atoms with Crippen molar-refractivity contribution in [3.05, 3.63) is 24.0 Å². The summed E-state index contributed by atoms with van der Waals surface area (Å²) >= 11 is 0. The summed E-state index contributed by atoms with van der Waals surface area (Å²) in [4.78, 5) is 26.3. The molecule has 1 amide bonds. The molecule has 1 aromatic heterocycles. The Balaban J connectivity index is 2.43. The average molecular weight is 279 g/mol. The van der Waals surface area contributed by atoms with E-state index in [2.05, 4.69) is 15.6 Å². The van der Waals surface area contributed by atoms with Crippen molar-refractivity contribution in [2.45, 2.75) is 26.7 Å². The van der Waals surface area contributed by atoms with Crippen LogP contribution in [-0.2, 0) is 4.79 Å². The molecule has 0 aliphatic rings. The summed E-state index contributed by atoms with van der Waals surface area (Å²) in [6.45, 7) is 4.77. The summed E-state index contributed by atoms with van der Waals surface area (Å²) in [6.07, 6.45) is 2.95. The lowest BCUT2D eigenvalue weighted by molar-refractivity contribution is -0.141. The summed E-state index contributed by atoms with van der Waals surface area (Å²) in [5.41, 5.74) is 1.18. The van der Waals surface area contributed by atoms with Crippen molar-refractivity contribution < 1.29 is 14.7 Å². The Morgan fingerprint density at radius 2 is 2.20 bits per heavy atom. The molecule has 0 aromatic carbocycles.